The van der Waals surface area contributed by atoms with Crippen LogP contribution in [0.4, 0.5) is 6.01 Å². The Bertz CT molecular complexity index is 652. The third-order valence-corrected chi connectivity index (χ3v) is 4.33. The molecule has 1 aliphatic rings. The van der Waals surface area contributed by atoms with Crippen molar-refractivity contribution in [1.29, 1.82) is 0 Å². The molecule has 1 aromatic carbocycles. The zero-order valence-corrected chi connectivity index (χ0v) is 14.9. The second-order valence-electron chi connectivity index (χ2n) is 5.61. The molecule has 0 N–H and O–H groups in total. The van der Waals surface area contributed by atoms with Crippen molar-refractivity contribution in [2.75, 3.05) is 38.3 Å². The van der Waals surface area contributed by atoms with Crippen LogP contribution in [0, 0.1) is 0 Å². The quantitative estimate of drug-likeness (QED) is 0.721. The summed E-state index contributed by atoms with van der Waals surface area (Å²) in [5, 5.41) is 5.11. The molecule has 0 radical (unpaired) electrons. The SMILES string of the molecule is COCCOC1CCN(c2nc(-c3cc(Cl)cc(Cl)c3)no2)CC1. The number of halogens is 2. The van der Waals surface area contributed by atoms with Crippen LogP contribution in [-0.2, 0) is 9.47 Å². The highest BCUT2D eigenvalue weighted by Gasteiger charge is 2.23. The Morgan fingerprint density at radius 3 is 2.54 bits per heavy atom. The number of rotatable bonds is 6. The summed E-state index contributed by atoms with van der Waals surface area (Å²) in [6, 6.07) is 5.70. The minimum atomic E-state index is 0.255. The van der Waals surface area contributed by atoms with Crippen LogP contribution >= 0.6 is 23.2 Å². The Labute approximate surface area is 150 Å². The van der Waals surface area contributed by atoms with E-state index in [1.807, 2.05) is 0 Å². The fraction of sp³-hybridized carbons (Fsp3) is 0.500. The van der Waals surface area contributed by atoms with Gasteiger partial charge in [0.05, 0.1) is 19.3 Å². The fourth-order valence-electron chi connectivity index (χ4n) is 2.66. The summed E-state index contributed by atoms with van der Waals surface area (Å²) in [6.45, 7) is 2.88. The van der Waals surface area contributed by atoms with Gasteiger partial charge in [-0.05, 0) is 31.0 Å². The number of nitrogens with zero attached hydrogens (tertiary/aromatic N) is 3. The first-order chi connectivity index (χ1) is 11.7. The average Bonchev–Trinajstić information content (AvgIpc) is 3.05. The molecule has 0 saturated carbocycles. The lowest BCUT2D eigenvalue weighted by molar-refractivity contribution is 0.00566. The molecule has 0 atom stereocenters. The lowest BCUT2D eigenvalue weighted by Crippen LogP contribution is -2.37. The summed E-state index contributed by atoms with van der Waals surface area (Å²) in [4.78, 5) is 6.53. The summed E-state index contributed by atoms with van der Waals surface area (Å²) in [6.07, 6.45) is 2.10. The smallest absolute Gasteiger partial charge is 0.324 e. The van der Waals surface area contributed by atoms with Crippen LogP contribution in [0.2, 0.25) is 10.0 Å². The zero-order valence-electron chi connectivity index (χ0n) is 13.4. The van der Waals surface area contributed by atoms with E-state index >= 15 is 0 Å². The molecule has 24 heavy (non-hydrogen) atoms. The summed E-state index contributed by atoms with van der Waals surface area (Å²) < 4.78 is 16.1. The number of benzene rings is 1. The Balaban J connectivity index is 1.60. The van der Waals surface area contributed by atoms with E-state index in [1.165, 1.54) is 0 Å². The maximum Gasteiger partial charge on any atom is 0.324 e. The van der Waals surface area contributed by atoms with E-state index in [2.05, 4.69) is 15.0 Å². The first-order valence-electron chi connectivity index (χ1n) is 7.81. The van der Waals surface area contributed by atoms with E-state index in [4.69, 9.17) is 37.2 Å². The van der Waals surface area contributed by atoms with Crippen molar-refractivity contribution in [3.05, 3.63) is 28.2 Å². The lowest BCUT2D eigenvalue weighted by Gasteiger charge is -2.30. The largest absolute Gasteiger partial charge is 0.382 e. The molecule has 130 valence electrons. The Hall–Kier alpha value is -1.34. The molecule has 1 fully saturated rings. The van der Waals surface area contributed by atoms with E-state index in [1.54, 1.807) is 25.3 Å². The average molecular weight is 372 g/mol. The molecule has 2 heterocycles. The van der Waals surface area contributed by atoms with E-state index in [-0.39, 0.29) is 6.10 Å². The van der Waals surface area contributed by atoms with Gasteiger partial charge in [-0.1, -0.05) is 28.4 Å². The first-order valence-corrected chi connectivity index (χ1v) is 8.57. The maximum atomic E-state index is 6.02. The van der Waals surface area contributed by atoms with Crippen LogP contribution in [0.5, 0.6) is 0 Å². The molecule has 1 aliphatic heterocycles. The molecule has 3 rings (SSSR count). The van der Waals surface area contributed by atoms with Crippen molar-refractivity contribution < 1.29 is 14.0 Å². The molecule has 1 aromatic heterocycles. The van der Waals surface area contributed by atoms with Gasteiger partial charge in [0.15, 0.2) is 0 Å². The molecule has 0 bridgehead atoms. The molecular formula is C16H19Cl2N3O3. The fourth-order valence-corrected chi connectivity index (χ4v) is 3.18. The number of hydrogen-bond acceptors (Lipinski definition) is 6. The van der Waals surface area contributed by atoms with Crippen LogP contribution in [0.1, 0.15) is 12.8 Å². The van der Waals surface area contributed by atoms with Crippen LogP contribution in [0.15, 0.2) is 22.7 Å². The van der Waals surface area contributed by atoms with Gasteiger partial charge in [0.25, 0.3) is 0 Å². The van der Waals surface area contributed by atoms with Gasteiger partial charge in [-0.3, -0.25) is 0 Å². The topological polar surface area (TPSA) is 60.6 Å². The second kappa shape index (κ2) is 8.16. The maximum absolute atomic E-state index is 6.02. The van der Waals surface area contributed by atoms with Crippen molar-refractivity contribution in [3.8, 4) is 11.4 Å². The Morgan fingerprint density at radius 2 is 1.88 bits per heavy atom. The number of hydrogen-bond donors (Lipinski definition) is 0. The number of methoxy groups -OCH3 is 1. The number of piperidine rings is 1. The van der Waals surface area contributed by atoms with Crippen LogP contribution in [-0.4, -0.2) is 49.7 Å². The predicted octanol–water partition coefficient (Wildman–Crippen LogP) is 3.68. The van der Waals surface area contributed by atoms with E-state index in [9.17, 15) is 0 Å². The summed E-state index contributed by atoms with van der Waals surface area (Å²) in [5.41, 5.74) is 0.736. The Morgan fingerprint density at radius 1 is 1.17 bits per heavy atom. The minimum Gasteiger partial charge on any atom is -0.382 e. The third-order valence-electron chi connectivity index (χ3n) is 3.89. The monoisotopic (exact) mass is 371 g/mol. The number of anilines is 1. The normalized spacial score (nSPS) is 15.9. The van der Waals surface area contributed by atoms with Gasteiger partial charge < -0.3 is 18.9 Å². The van der Waals surface area contributed by atoms with Crippen molar-refractivity contribution >= 4 is 29.2 Å². The molecule has 6 nitrogen and oxygen atoms in total. The molecule has 2 aromatic rings. The van der Waals surface area contributed by atoms with Gasteiger partial charge in [-0.2, -0.15) is 4.98 Å². The first kappa shape index (κ1) is 17.5. The third kappa shape index (κ3) is 4.39. The Kier molecular flexibility index (Phi) is 5.94. The van der Waals surface area contributed by atoms with Gasteiger partial charge in [-0.25, -0.2) is 0 Å². The van der Waals surface area contributed by atoms with Crippen LogP contribution < -0.4 is 4.90 Å². The van der Waals surface area contributed by atoms with E-state index < -0.39 is 0 Å². The van der Waals surface area contributed by atoms with E-state index in [0.29, 0.717) is 35.1 Å². The number of ether oxygens (including phenoxy) is 2. The highest BCUT2D eigenvalue weighted by molar-refractivity contribution is 6.35. The molecule has 0 amide bonds. The predicted molar refractivity (Wildman–Crippen MR) is 92.8 cm³/mol. The molecule has 0 unspecified atom stereocenters. The van der Waals surface area contributed by atoms with Crippen molar-refractivity contribution in [2.24, 2.45) is 0 Å². The molecule has 8 heteroatoms. The van der Waals surface area contributed by atoms with Gasteiger partial charge >= 0.3 is 6.01 Å². The highest BCUT2D eigenvalue weighted by Crippen LogP contribution is 2.27. The van der Waals surface area contributed by atoms with Crippen LogP contribution in [0.25, 0.3) is 11.4 Å². The number of aromatic nitrogens is 2. The van der Waals surface area contributed by atoms with Crippen molar-refractivity contribution in [2.45, 2.75) is 18.9 Å². The lowest BCUT2D eigenvalue weighted by atomic mass is 10.1. The molecular weight excluding hydrogens is 353 g/mol. The van der Waals surface area contributed by atoms with Gasteiger partial charge in [0.1, 0.15) is 0 Å². The van der Waals surface area contributed by atoms with Gasteiger partial charge in [0, 0.05) is 35.8 Å². The van der Waals surface area contributed by atoms with Crippen LogP contribution in [0.3, 0.4) is 0 Å². The summed E-state index contributed by atoms with van der Waals surface area (Å²) >= 11 is 12.0. The van der Waals surface area contributed by atoms with Crippen molar-refractivity contribution in [3.63, 3.8) is 0 Å². The van der Waals surface area contributed by atoms with E-state index in [0.717, 1.165) is 31.5 Å². The highest BCUT2D eigenvalue weighted by atomic mass is 35.5. The zero-order chi connectivity index (χ0) is 16.9. The minimum absolute atomic E-state index is 0.255. The van der Waals surface area contributed by atoms with Crippen molar-refractivity contribution in [1.82, 2.24) is 10.1 Å². The molecule has 1 saturated heterocycles. The molecule has 0 spiro atoms. The van der Waals surface area contributed by atoms with Gasteiger partial charge in [-0.15, -0.1) is 0 Å². The van der Waals surface area contributed by atoms with Gasteiger partial charge in [0.2, 0.25) is 5.82 Å². The summed E-state index contributed by atoms with van der Waals surface area (Å²) in [7, 11) is 1.67. The molecule has 0 aliphatic carbocycles. The summed E-state index contributed by atoms with van der Waals surface area (Å²) in [5.74, 6) is 0.480. The standard InChI is InChI=1S/C16H19Cl2N3O3/c1-22-6-7-23-14-2-4-21(5-3-14)16-19-15(20-24-16)11-8-12(17)10-13(18)9-11/h8-10,14H,2-7H2,1H3. The second-order valence-corrected chi connectivity index (χ2v) is 6.48.